The van der Waals surface area contributed by atoms with Crippen LogP contribution in [0, 0.1) is 22.0 Å². The average Bonchev–Trinajstić information content (AvgIpc) is 2.61. The molecule has 0 saturated carbocycles. The number of benzene rings is 1. The van der Waals surface area contributed by atoms with Crippen LogP contribution in [0.2, 0.25) is 0 Å². The molecule has 0 spiro atoms. The summed E-state index contributed by atoms with van der Waals surface area (Å²) in [4.78, 5) is 29.8. The number of amides is 1. The van der Waals surface area contributed by atoms with Crippen LogP contribution >= 0.6 is 0 Å². The number of carbonyl (C=O) groups excluding carboxylic acids is 1. The standard InChI is InChI=1S/C20H32N4O3/c1-16(2)13-23(14-17(3)4)20(25)15-21-9-11-22(12-10-21)18-7-5-6-8-19(18)24(26)27/h5-8,16-17H,9-15H2,1-4H3. The number of hydrogen-bond donors (Lipinski definition) is 0. The number of carbonyl (C=O) groups is 1. The van der Waals surface area contributed by atoms with Crippen molar-refractivity contribution in [2.24, 2.45) is 11.8 Å². The fourth-order valence-electron chi connectivity index (χ4n) is 3.48. The first-order valence-electron chi connectivity index (χ1n) is 9.76. The topological polar surface area (TPSA) is 69.9 Å². The van der Waals surface area contributed by atoms with Gasteiger partial charge in [0.05, 0.1) is 11.5 Å². The number of hydrogen-bond acceptors (Lipinski definition) is 5. The van der Waals surface area contributed by atoms with Crippen molar-refractivity contribution in [1.82, 2.24) is 9.80 Å². The van der Waals surface area contributed by atoms with E-state index in [0.29, 0.717) is 37.2 Å². The monoisotopic (exact) mass is 376 g/mol. The Morgan fingerprint density at radius 1 is 1.07 bits per heavy atom. The second-order valence-electron chi connectivity index (χ2n) is 8.10. The fourth-order valence-corrected chi connectivity index (χ4v) is 3.48. The zero-order valence-electron chi connectivity index (χ0n) is 16.9. The summed E-state index contributed by atoms with van der Waals surface area (Å²) < 4.78 is 0. The maximum Gasteiger partial charge on any atom is 0.292 e. The summed E-state index contributed by atoms with van der Waals surface area (Å²) in [6, 6.07) is 6.86. The highest BCUT2D eigenvalue weighted by molar-refractivity contribution is 5.78. The van der Waals surface area contributed by atoms with Crippen molar-refractivity contribution in [3.8, 4) is 0 Å². The molecular weight excluding hydrogens is 344 g/mol. The highest BCUT2D eigenvalue weighted by Gasteiger charge is 2.25. The molecule has 0 atom stereocenters. The Kier molecular flexibility index (Phi) is 7.59. The number of anilines is 1. The molecular formula is C20H32N4O3. The molecule has 1 amide bonds. The fraction of sp³-hybridized carbons (Fsp3) is 0.650. The Balaban J connectivity index is 1.93. The minimum Gasteiger partial charge on any atom is -0.363 e. The Morgan fingerprint density at radius 2 is 1.63 bits per heavy atom. The van der Waals surface area contributed by atoms with E-state index in [1.54, 1.807) is 18.2 Å². The van der Waals surface area contributed by atoms with Crippen LogP contribution in [0.3, 0.4) is 0 Å². The zero-order valence-corrected chi connectivity index (χ0v) is 16.9. The first-order valence-corrected chi connectivity index (χ1v) is 9.76. The van der Waals surface area contributed by atoms with Crippen molar-refractivity contribution >= 4 is 17.3 Å². The normalized spacial score (nSPS) is 15.4. The molecule has 0 aromatic heterocycles. The minimum absolute atomic E-state index is 0.141. The van der Waals surface area contributed by atoms with Crippen LogP contribution in [0.25, 0.3) is 0 Å². The minimum atomic E-state index is -0.332. The summed E-state index contributed by atoms with van der Waals surface area (Å²) in [7, 11) is 0. The van der Waals surface area contributed by atoms with Crippen LogP contribution in [0.5, 0.6) is 0 Å². The van der Waals surface area contributed by atoms with E-state index >= 15 is 0 Å². The van der Waals surface area contributed by atoms with Gasteiger partial charge in [0.15, 0.2) is 0 Å². The van der Waals surface area contributed by atoms with Gasteiger partial charge in [0, 0.05) is 45.3 Å². The molecule has 0 bridgehead atoms. The maximum atomic E-state index is 12.8. The lowest BCUT2D eigenvalue weighted by atomic mass is 10.1. The van der Waals surface area contributed by atoms with E-state index in [9.17, 15) is 14.9 Å². The van der Waals surface area contributed by atoms with Crippen molar-refractivity contribution in [1.29, 1.82) is 0 Å². The van der Waals surface area contributed by atoms with E-state index in [4.69, 9.17) is 0 Å². The van der Waals surface area contributed by atoms with Gasteiger partial charge in [0.1, 0.15) is 5.69 Å². The molecule has 0 radical (unpaired) electrons. The molecule has 1 fully saturated rings. The Bertz CT molecular complexity index is 630. The van der Waals surface area contributed by atoms with Crippen LogP contribution in [0.4, 0.5) is 11.4 Å². The summed E-state index contributed by atoms with van der Waals surface area (Å²) in [5, 5.41) is 11.2. The Morgan fingerprint density at radius 3 is 2.15 bits per heavy atom. The summed E-state index contributed by atoms with van der Waals surface area (Å²) >= 11 is 0. The smallest absolute Gasteiger partial charge is 0.292 e. The van der Waals surface area contributed by atoms with Gasteiger partial charge in [-0.3, -0.25) is 19.8 Å². The van der Waals surface area contributed by atoms with Crippen molar-refractivity contribution in [3.63, 3.8) is 0 Å². The van der Waals surface area contributed by atoms with E-state index in [-0.39, 0.29) is 16.5 Å². The van der Waals surface area contributed by atoms with Crippen LogP contribution in [0.1, 0.15) is 27.7 Å². The predicted octanol–water partition coefficient (Wildman–Crippen LogP) is 2.86. The zero-order chi connectivity index (χ0) is 20.0. The third-order valence-corrected chi connectivity index (χ3v) is 4.67. The molecule has 1 aliphatic heterocycles. The summed E-state index contributed by atoms with van der Waals surface area (Å²) in [6.07, 6.45) is 0. The van der Waals surface area contributed by atoms with Gasteiger partial charge in [-0.1, -0.05) is 39.8 Å². The molecule has 7 heteroatoms. The third-order valence-electron chi connectivity index (χ3n) is 4.67. The lowest BCUT2D eigenvalue weighted by Crippen LogP contribution is -2.51. The molecule has 1 saturated heterocycles. The summed E-state index contributed by atoms with van der Waals surface area (Å²) in [6.45, 7) is 13.4. The van der Waals surface area contributed by atoms with Crippen LogP contribution in [-0.4, -0.2) is 66.4 Å². The van der Waals surface area contributed by atoms with Crippen molar-refractivity contribution in [2.75, 3.05) is 50.7 Å². The lowest BCUT2D eigenvalue weighted by molar-refractivity contribution is -0.384. The second-order valence-corrected chi connectivity index (χ2v) is 8.10. The van der Waals surface area contributed by atoms with Gasteiger partial charge < -0.3 is 9.80 Å². The van der Waals surface area contributed by atoms with Gasteiger partial charge in [-0.25, -0.2) is 0 Å². The van der Waals surface area contributed by atoms with Crippen molar-refractivity contribution in [2.45, 2.75) is 27.7 Å². The van der Waals surface area contributed by atoms with Gasteiger partial charge >= 0.3 is 0 Å². The highest BCUT2D eigenvalue weighted by atomic mass is 16.6. The predicted molar refractivity (Wildman–Crippen MR) is 108 cm³/mol. The van der Waals surface area contributed by atoms with Gasteiger partial charge in [-0.15, -0.1) is 0 Å². The van der Waals surface area contributed by atoms with Crippen molar-refractivity contribution < 1.29 is 9.72 Å². The molecule has 2 rings (SSSR count). The maximum absolute atomic E-state index is 12.8. The number of para-hydroxylation sites is 2. The Labute approximate surface area is 162 Å². The van der Waals surface area contributed by atoms with E-state index in [1.807, 2.05) is 15.9 Å². The number of nitro benzene ring substituents is 1. The average molecular weight is 377 g/mol. The van der Waals surface area contributed by atoms with E-state index in [0.717, 1.165) is 26.2 Å². The molecule has 0 N–H and O–H groups in total. The van der Waals surface area contributed by atoms with Gasteiger partial charge in [-0.05, 0) is 17.9 Å². The van der Waals surface area contributed by atoms with Gasteiger partial charge in [0.25, 0.3) is 5.69 Å². The third kappa shape index (κ3) is 6.20. The molecule has 1 aromatic carbocycles. The van der Waals surface area contributed by atoms with Crippen LogP contribution < -0.4 is 4.90 Å². The summed E-state index contributed by atoms with van der Waals surface area (Å²) in [5.74, 6) is 1.07. The van der Waals surface area contributed by atoms with E-state index in [1.165, 1.54) is 0 Å². The number of nitrogens with zero attached hydrogens (tertiary/aromatic N) is 4. The van der Waals surface area contributed by atoms with E-state index in [2.05, 4.69) is 32.6 Å². The Hall–Kier alpha value is -2.15. The molecule has 0 unspecified atom stereocenters. The van der Waals surface area contributed by atoms with Crippen LogP contribution in [0.15, 0.2) is 24.3 Å². The molecule has 7 nitrogen and oxygen atoms in total. The molecule has 27 heavy (non-hydrogen) atoms. The summed E-state index contributed by atoms with van der Waals surface area (Å²) in [5.41, 5.74) is 0.803. The second kappa shape index (κ2) is 9.69. The van der Waals surface area contributed by atoms with Crippen molar-refractivity contribution in [3.05, 3.63) is 34.4 Å². The number of nitro groups is 1. The number of piperazine rings is 1. The first-order chi connectivity index (χ1) is 12.8. The van der Waals surface area contributed by atoms with Gasteiger partial charge in [-0.2, -0.15) is 0 Å². The van der Waals surface area contributed by atoms with Crippen LogP contribution in [-0.2, 0) is 4.79 Å². The van der Waals surface area contributed by atoms with Gasteiger partial charge in [0.2, 0.25) is 5.91 Å². The van der Waals surface area contributed by atoms with E-state index < -0.39 is 0 Å². The lowest BCUT2D eigenvalue weighted by Gasteiger charge is -2.36. The largest absolute Gasteiger partial charge is 0.363 e. The number of rotatable bonds is 8. The molecule has 1 heterocycles. The molecule has 150 valence electrons. The first kappa shape index (κ1) is 21.2. The quantitative estimate of drug-likeness (QED) is 0.515. The molecule has 1 aliphatic rings. The molecule has 0 aliphatic carbocycles. The highest BCUT2D eigenvalue weighted by Crippen LogP contribution is 2.28. The SMILES string of the molecule is CC(C)CN(CC(C)C)C(=O)CN1CCN(c2ccccc2[N+](=O)[O-])CC1. The molecule has 1 aromatic rings.